The van der Waals surface area contributed by atoms with Gasteiger partial charge in [0.1, 0.15) is 6.10 Å². The molecular weight excluding hydrogens is 168 g/mol. The largest absolute Gasteiger partial charge is 0.373 e. The average Bonchev–Trinajstić information content (AvgIpc) is 2.48. The molecule has 1 fully saturated rings. The van der Waals surface area contributed by atoms with Gasteiger partial charge in [-0.05, 0) is 6.42 Å². The molecule has 0 spiro atoms. The lowest BCUT2D eigenvalue weighted by atomic mass is 10.2. The van der Waals surface area contributed by atoms with E-state index in [1.807, 2.05) is 0 Å². The summed E-state index contributed by atoms with van der Waals surface area (Å²) < 4.78 is 10.6. The summed E-state index contributed by atoms with van der Waals surface area (Å²) in [5, 5.41) is 9.39. The SMILES string of the molecule is C=C[C@@H]1C[C@@H](OCCCC)C(O)O1. The van der Waals surface area contributed by atoms with Crippen molar-refractivity contribution in [2.24, 2.45) is 0 Å². The van der Waals surface area contributed by atoms with Crippen LogP contribution in [0, 0.1) is 0 Å². The molecule has 1 aliphatic rings. The predicted molar refractivity (Wildman–Crippen MR) is 50.3 cm³/mol. The summed E-state index contributed by atoms with van der Waals surface area (Å²) in [5.74, 6) is 0. The van der Waals surface area contributed by atoms with Crippen LogP contribution in [0.15, 0.2) is 12.7 Å². The molecule has 0 aromatic carbocycles. The molecule has 0 bridgehead atoms. The molecule has 3 nitrogen and oxygen atoms in total. The van der Waals surface area contributed by atoms with E-state index in [0.29, 0.717) is 13.0 Å². The highest BCUT2D eigenvalue weighted by atomic mass is 16.6. The molecule has 0 aromatic heterocycles. The molecule has 1 rings (SSSR count). The van der Waals surface area contributed by atoms with Gasteiger partial charge < -0.3 is 14.6 Å². The molecule has 1 unspecified atom stereocenters. The first kappa shape index (κ1) is 10.7. The number of aliphatic hydroxyl groups excluding tert-OH is 1. The van der Waals surface area contributed by atoms with Gasteiger partial charge in [-0.2, -0.15) is 0 Å². The molecule has 0 amide bonds. The lowest BCUT2D eigenvalue weighted by Crippen LogP contribution is -2.24. The highest BCUT2D eigenvalue weighted by molar-refractivity contribution is 4.88. The van der Waals surface area contributed by atoms with Crippen LogP contribution in [0.1, 0.15) is 26.2 Å². The first-order chi connectivity index (χ1) is 6.27. The molecule has 3 atom stereocenters. The van der Waals surface area contributed by atoms with Gasteiger partial charge in [0, 0.05) is 13.0 Å². The molecule has 13 heavy (non-hydrogen) atoms. The Labute approximate surface area is 79.3 Å². The van der Waals surface area contributed by atoms with Crippen molar-refractivity contribution in [1.82, 2.24) is 0 Å². The normalized spacial score (nSPS) is 33.5. The molecule has 3 heteroatoms. The number of hydrogen-bond donors (Lipinski definition) is 1. The predicted octanol–water partition coefficient (Wildman–Crippen LogP) is 1.46. The van der Waals surface area contributed by atoms with Crippen LogP contribution in [-0.4, -0.2) is 30.2 Å². The molecule has 1 aliphatic heterocycles. The topological polar surface area (TPSA) is 38.7 Å². The van der Waals surface area contributed by atoms with Gasteiger partial charge in [-0.1, -0.05) is 19.4 Å². The Hall–Kier alpha value is -0.380. The molecule has 0 aliphatic carbocycles. The van der Waals surface area contributed by atoms with Gasteiger partial charge in [-0.25, -0.2) is 0 Å². The molecule has 76 valence electrons. The van der Waals surface area contributed by atoms with Crippen LogP contribution in [-0.2, 0) is 9.47 Å². The van der Waals surface area contributed by atoms with Crippen molar-refractivity contribution in [3.8, 4) is 0 Å². The second kappa shape index (κ2) is 5.37. The van der Waals surface area contributed by atoms with E-state index < -0.39 is 6.29 Å². The second-order valence-corrected chi connectivity index (χ2v) is 3.30. The molecule has 0 aromatic rings. The third kappa shape index (κ3) is 3.10. The van der Waals surface area contributed by atoms with Crippen LogP contribution in [0.2, 0.25) is 0 Å². The fraction of sp³-hybridized carbons (Fsp3) is 0.800. The first-order valence-electron chi connectivity index (χ1n) is 4.85. The van der Waals surface area contributed by atoms with E-state index in [0.717, 1.165) is 12.8 Å². The van der Waals surface area contributed by atoms with Crippen LogP contribution >= 0.6 is 0 Å². The zero-order chi connectivity index (χ0) is 9.68. The summed E-state index contributed by atoms with van der Waals surface area (Å²) in [5.41, 5.74) is 0. The third-order valence-corrected chi connectivity index (χ3v) is 2.19. The first-order valence-corrected chi connectivity index (χ1v) is 4.85. The summed E-state index contributed by atoms with van der Waals surface area (Å²) in [7, 11) is 0. The van der Waals surface area contributed by atoms with Crippen molar-refractivity contribution in [1.29, 1.82) is 0 Å². The Morgan fingerprint density at radius 3 is 3.00 bits per heavy atom. The Bertz CT molecular complexity index is 158. The second-order valence-electron chi connectivity index (χ2n) is 3.30. The molecule has 0 radical (unpaired) electrons. The molecule has 0 saturated carbocycles. The van der Waals surface area contributed by atoms with E-state index in [-0.39, 0.29) is 12.2 Å². The highest BCUT2D eigenvalue weighted by Crippen LogP contribution is 2.22. The van der Waals surface area contributed by atoms with Crippen LogP contribution in [0.4, 0.5) is 0 Å². The van der Waals surface area contributed by atoms with Crippen molar-refractivity contribution < 1.29 is 14.6 Å². The summed E-state index contributed by atoms with van der Waals surface area (Å²) in [6, 6.07) is 0. The van der Waals surface area contributed by atoms with E-state index in [1.54, 1.807) is 6.08 Å². The quantitative estimate of drug-likeness (QED) is 0.522. The van der Waals surface area contributed by atoms with Crippen molar-refractivity contribution in [2.75, 3.05) is 6.61 Å². The zero-order valence-electron chi connectivity index (χ0n) is 8.11. The van der Waals surface area contributed by atoms with Crippen LogP contribution in [0.25, 0.3) is 0 Å². The van der Waals surface area contributed by atoms with Crippen molar-refractivity contribution in [3.05, 3.63) is 12.7 Å². The number of ether oxygens (including phenoxy) is 2. The molecule has 1 saturated heterocycles. The standard InChI is InChI=1S/C10H18O3/c1-3-5-6-12-9-7-8(4-2)13-10(9)11/h4,8-11H,2-3,5-7H2,1H3/t8-,9-,10?/m1/s1. The average molecular weight is 186 g/mol. The number of rotatable bonds is 5. The highest BCUT2D eigenvalue weighted by Gasteiger charge is 2.32. The fourth-order valence-corrected chi connectivity index (χ4v) is 1.35. The fourth-order valence-electron chi connectivity index (χ4n) is 1.35. The van der Waals surface area contributed by atoms with Gasteiger partial charge in [0.25, 0.3) is 0 Å². The molecular formula is C10H18O3. The monoisotopic (exact) mass is 186 g/mol. The number of aliphatic hydroxyl groups is 1. The maximum Gasteiger partial charge on any atom is 0.181 e. The van der Waals surface area contributed by atoms with Gasteiger partial charge in [-0.15, -0.1) is 6.58 Å². The van der Waals surface area contributed by atoms with E-state index in [9.17, 15) is 5.11 Å². The smallest absolute Gasteiger partial charge is 0.181 e. The Balaban J connectivity index is 2.22. The Morgan fingerprint density at radius 2 is 2.46 bits per heavy atom. The summed E-state index contributed by atoms with van der Waals surface area (Å²) in [6.07, 6.45) is 3.55. The van der Waals surface area contributed by atoms with Crippen LogP contribution in [0.3, 0.4) is 0 Å². The van der Waals surface area contributed by atoms with E-state index >= 15 is 0 Å². The van der Waals surface area contributed by atoms with Crippen molar-refractivity contribution in [2.45, 2.75) is 44.7 Å². The van der Waals surface area contributed by atoms with Crippen molar-refractivity contribution >= 4 is 0 Å². The van der Waals surface area contributed by atoms with E-state index in [4.69, 9.17) is 9.47 Å². The number of hydrogen-bond acceptors (Lipinski definition) is 3. The lowest BCUT2D eigenvalue weighted by molar-refractivity contribution is -0.135. The number of unbranched alkanes of at least 4 members (excludes halogenated alkanes) is 1. The molecule has 1 N–H and O–H groups in total. The van der Waals surface area contributed by atoms with Gasteiger partial charge in [0.15, 0.2) is 6.29 Å². The molecule has 1 heterocycles. The van der Waals surface area contributed by atoms with Gasteiger partial charge in [-0.3, -0.25) is 0 Å². The Kier molecular flexibility index (Phi) is 4.42. The summed E-state index contributed by atoms with van der Waals surface area (Å²) in [4.78, 5) is 0. The summed E-state index contributed by atoms with van der Waals surface area (Å²) in [6.45, 7) is 6.42. The van der Waals surface area contributed by atoms with Gasteiger partial charge >= 0.3 is 0 Å². The zero-order valence-corrected chi connectivity index (χ0v) is 8.11. The summed E-state index contributed by atoms with van der Waals surface area (Å²) >= 11 is 0. The minimum Gasteiger partial charge on any atom is -0.373 e. The van der Waals surface area contributed by atoms with E-state index in [2.05, 4.69) is 13.5 Å². The maximum absolute atomic E-state index is 9.39. The van der Waals surface area contributed by atoms with E-state index in [1.165, 1.54) is 0 Å². The lowest BCUT2D eigenvalue weighted by Gasteiger charge is -2.13. The third-order valence-electron chi connectivity index (χ3n) is 2.19. The van der Waals surface area contributed by atoms with Crippen LogP contribution in [0.5, 0.6) is 0 Å². The Morgan fingerprint density at radius 1 is 1.69 bits per heavy atom. The maximum atomic E-state index is 9.39. The van der Waals surface area contributed by atoms with Gasteiger partial charge in [0.2, 0.25) is 0 Å². The van der Waals surface area contributed by atoms with Crippen molar-refractivity contribution in [3.63, 3.8) is 0 Å². The minimum absolute atomic E-state index is 0.0540. The minimum atomic E-state index is -0.778. The van der Waals surface area contributed by atoms with Gasteiger partial charge in [0.05, 0.1) is 6.10 Å². The van der Waals surface area contributed by atoms with Crippen LogP contribution < -0.4 is 0 Å².